The number of benzene rings is 2. The number of nitrogens with one attached hydrogen (secondary N) is 1. The molecule has 2 aromatic carbocycles. The molecule has 102 valence electrons. The van der Waals surface area contributed by atoms with Crippen molar-refractivity contribution in [2.24, 2.45) is 5.92 Å². The van der Waals surface area contributed by atoms with Crippen LogP contribution in [0.4, 0.5) is 5.69 Å². The zero-order valence-corrected chi connectivity index (χ0v) is 12.0. The number of para-hydroxylation sites is 1. The molecule has 2 aliphatic rings. The fourth-order valence-corrected chi connectivity index (χ4v) is 4.10. The van der Waals surface area contributed by atoms with Gasteiger partial charge in [0.2, 0.25) is 0 Å². The summed E-state index contributed by atoms with van der Waals surface area (Å²) in [6.07, 6.45) is 4.07. The molecule has 2 aromatic rings. The highest BCUT2D eigenvalue weighted by Crippen LogP contribution is 2.52. The zero-order valence-electron chi connectivity index (χ0n) is 12.0. The molecule has 3 atom stereocenters. The van der Waals surface area contributed by atoms with Gasteiger partial charge in [-0.05, 0) is 48.8 Å². The molecule has 1 fully saturated rings. The monoisotopic (exact) mass is 263 g/mol. The van der Waals surface area contributed by atoms with E-state index < -0.39 is 0 Å². The Hall–Kier alpha value is -1.76. The predicted molar refractivity (Wildman–Crippen MR) is 84.1 cm³/mol. The summed E-state index contributed by atoms with van der Waals surface area (Å²) in [7, 11) is 0. The highest BCUT2D eigenvalue weighted by atomic mass is 15.0. The molecule has 1 heteroatoms. The smallest absolute Gasteiger partial charge is 0.0547 e. The van der Waals surface area contributed by atoms with E-state index in [0.29, 0.717) is 6.04 Å². The van der Waals surface area contributed by atoms with Crippen molar-refractivity contribution in [1.82, 2.24) is 0 Å². The summed E-state index contributed by atoms with van der Waals surface area (Å²) in [6, 6.07) is 18.4. The van der Waals surface area contributed by atoms with Crippen LogP contribution in [0.25, 0.3) is 0 Å². The molecule has 1 saturated carbocycles. The van der Waals surface area contributed by atoms with Gasteiger partial charge in [0, 0.05) is 5.69 Å². The van der Waals surface area contributed by atoms with Crippen molar-refractivity contribution in [3.8, 4) is 0 Å². The van der Waals surface area contributed by atoms with Crippen molar-refractivity contribution in [1.29, 1.82) is 0 Å². The lowest BCUT2D eigenvalue weighted by Gasteiger charge is -2.37. The van der Waals surface area contributed by atoms with E-state index in [0.717, 1.165) is 11.8 Å². The summed E-state index contributed by atoms with van der Waals surface area (Å²) < 4.78 is 0. The molecular formula is C19H21N. The Labute approximate surface area is 121 Å². The molecule has 1 heterocycles. The van der Waals surface area contributed by atoms with Crippen molar-refractivity contribution in [2.75, 3.05) is 5.32 Å². The van der Waals surface area contributed by atoms with Gasteiger partial charge in [0.1, 0.15) is 0 Å². The Morgan fingerprint density at radius 2 is 1.75 bits per heavy atom. The molecule has 20 heavy (non-hydrogen) atoms. The summed E-state index contributed by atoms with van der Waals surface area (Å²) in [5.41, 5.74) is 5.68. The first-order valence-electron chi connectivity index (χ1n) is 7.75. The standard InChI is InChI=1S/C19H21N/c1-13-9-11-14(12-10-13)19-17-7-4-6-15(17)16-5-2-3-8-18(16)20-19/h2-3,5,8-12,15,17,19-20H,4,6-7H2,1H3/t15-,17-,19-/m0/s1. The molecule has 0 bridgehead atoms. The second kappa shape index (κ2) is 4.66. The van der Waals surface area contributed by atoms with E-state index in [2.05, 4.69) is 60.8 Å². The molecule has 0 spiro atoms. The predicted octanol–water partition coefficient (Wildman–Crippen LogP) is 5.05. The summed E-state index contributed by atoms with van der Waals surface area (Å²) in [4.78, 5) is 0. The largest absolute Gasteiger partial charge is 0.378 e. The van der Waals surface area contributed by atoms with Crippen LogP contribution in [0.15, 0.2) is 48.5 Å². The first kappa shape index (κ1) is 12.0. The van der Waals surface area contributed by atoms with E-state index in [1.807, 2.05) is 0 Å². The molecule has 4 rings (SSSR count). The van der Waals surface area contributed by atoms with Crippen molar-refractivity contribution >= 4 is 5.69 Å². The Morgan fingerprint density at radius 1 is 0.950 bits per heavy atom. The molecule has 1 aliphatic carbocycles. The summed E-state index contributed by atoms with van der Waals surface area (Å²) in [6.45, 7) is 2.16. The Morgan fingerprint density at radius 3 is 2.60 bits per heavy atom. The zero-order chi connectivity index (χ0) is 13.5. The lowest BCUT2D eigenvalue weighted by Crippen LogP contribution is -2.28. The second-order valence-corrected chi connectivity index (χ2v) is 6.32. The number of fused-ring (bicyclic) bond motifs is 3. The fraction of sp³-hybridized carbons (Fsp3) is 0.368. The number of rotatable bonds is 1. The van der Waals surface area contributed by atoms with E-state index in [4.69, 9.17) is 0 Å². The summed E-state index contributed by atoms with van der Waals surface area (Å²) in [5.74, 6) is 1.51. The third kappa shape index (κ3) is 1.84. The van der Waals surface area contributed by atoms with Gasteiger partial charge in [0.15, 0.2) is 0 Å². The quantitative estimate of drug-likeness (QED) is 0.759. The van der Waals surface area contributed by atoms with Gasteiger partial charge in [-0.1, -0.05) is 54.4 Å². The molecule has 1 nitrogen and oxygen atoms in total. The third-order valence-electron chi connectivity index (χ3n) is 5.11. The molecule has 0 radical (unpaired) electrons. The van der Waals surface area contributed by atoms with Crippen LogP contribution in [-0.4, -0.2) is 0 Å². The molecule has 0 saturated heterocycles. The fourth-order valence-electron chi connectivity index (χ4n) is 4.10. The van der Waals surface area contributed by atoms with E-state index in [1.54, 1.807) is 5.56 Å². The van der Waals surface area contributed by atoms with Crippen LogP contribution in [0.3, 0.4) is 0 Å². The van der Waals surface area contributed by atoms with Crippen molar-refractivity contribution in [3.05, 3.63) is 65.2 Å². The summed E-state index contributed by atoms with van der Waals surface area (Å²) >= 11 is 0. The van der Waals surface area contributed by atoms with Gasteiger partial charge in [0.05, 0.1) is 6.04 Å². The van der Waals surface area contributed by atoms with E-state index in [-0.39, 0.29) is 0 Å². The SMILES string of the molecule is Cc1ccc([C@@H]2Nc3ccccc3[C@@H]3CCC[C@@H]32)cc1. The highest BCUT2D eigenvalue weighted by Gasteiger charge is 2.39. The number of aryl methyl sites for hydroxylation is 1. The Kier molecular flexibility index (Phi) is 2.80. The molecule has 0 unspecified atom stereocenters. The third-order valence-corrected chi connectivity index (χ3v) is 5.11. The van der Waals surface area contributed by atoms with Gasteiger partial charge in [0.25, 0.3) is 0 Å². The summed E-state index contributed by atoms with van der Waals surface area (Å²) in [5, 5.41) is 3.80. The van der Waals surface area contributed by atoms with Crippen LogP contribution in [-0.2, 0) is 0 Å². The van der Waals surface area contributed by atoms with Crippen LogP contribution in [0.1, 0.15) is 47.9 Å². The lowest BCUT2D eigenvalue weighted by atomic mass is 9.77. The molecule has 0 amide bonds. The average molecular weight is 263 g/mol. The minimum atomic E-state index is 0.484. The molecular weight excluding hydrogens is 242 g/mol. The highest BCUT2D eigenvalue weighted by molar-refractivity contribution is 5.58. The van der Waals surface area contributed by atoms with Gasteiger partial charge in [-0.2, -0.15) is 0 Å². The topological polar surface area (TPSA) is 12.0 Å². The van der Waals surface area contributed by atoms with Gasteiger partial charge >= 0.3 is 0 Å². The minimum Gasteiger partial charge on any atom is -0.378 e. The normalized spacial score (nSPS) is 27.6. The number of anilines is 1. The number of hydrogen-bond donors (Lipinski definition) is 1. The van der Waals surface area contributed by atoms with Crippen LogP contribution in [0, 0.1) is 12.8 Å². The first-order valence-corrected chi connectivity index (χ1v) is 7.75. The van der Waals surface area contributed by atoms with Crippen LogP contribution in [0.5, 0.6) is 0 Å². The Balaban J connectivity index is 1.76. The maximum Gasteiger partial charge on any atom is 0.0547 e. The second-order valence-electron chi connectivity index (χ2n) is 6.32. The molecule has 1 aliphatic heterocycles. The maximum absolute atomic E-state index is 3.80. The van der Waals surface area contributed by atoms with Gasteiger partial charge in [-0.3, -0.25) is 0 Å². The van der Waals surface area contributed by atoms with Gasteiger partial charge in [-0.15, -0.1) is 0 Å². The Bertz CT molecular complexity index is 614. The van der Waals surface area contributed by atoms with Crippen LogP contribution >= 0.6 is 0 Å². The van der Waals surface area contributed by atoms with Gasteiger partial charge < -0.3 is 5.32 Å². The van der Waals surface area contributed by atoms with E-state index in [9.17, 15) is 0 Å². The van der Waals surface area contributed by atoms with E-state index >= 15 is 0 Å². The van der Waals surface area contributed by atoms with Crippen molar-refractivity contribution in [2.45, 2.75) is 38.1 Å². The maximum atomic E-state index is 3.80. The molecule has 1 N–H and O–H groups in total. The van der Waals surface area contributed by atoms with Crippen LogP contribution in [0.2, 0.25) is 0 Å². The van der Waals surface area contributed by atoms with Crippen molar-refractivity contribution < 1.29 is 0 Å². The lowest BCUT2D eigenvalue weighted by molar-refractivity contribution is 0.406. The van der Waals surface area contributed by atoms with Gasteiger partial charge in [-0.25, -0.2) is 0 Å². The van der Waals surface area contributed by atoms with Crippen molar-refractivity contribution in [3.63, 3.8) is 0 Å². The van der Waals surface area contributed by atoms with Crippen LogP contribution < -0.4 is 5.32 Å². The first-order chi connectivity index (χ1) is 9.83. The molecule has 0 aromatic heterocycles. The van der Waals surface area contributed by atoms with E-state index in [1.165, 1.54) is 36.1 Å². The average Bonchev–Trinajstić information content (AvgIpc) is 2.97. The minimum absolute atomic E-state index is 0.484. The number of hydrogen-bond acceptors (Lipinski definition) is 1.